The number of nitrogens with zero attached hydrogens (tertiary/aromatic N) is 2. The molecule has 0 radical (unpaired) electrons. The maximum absolute atomic E-state index is 4.94. The van der Waals surface area contributed by atoms with Crippen LogP contribution in [0.15, 0.2) is 5.38 Å². The molecule has 114 valence electrons. The Balaban J connectivity index is 2.27. The molecule has 1 saturated heterocycles. The van der Waals surface area contributed by atoms with E-state index in [-0.39, 0.29) is 5.54 Å². The van der Waals surface area contributed by atoms with Gasteiger partial charge in [-0.2, -0.15) is 0 Å². The molecule has 0 bridgehead atoms. The fourth-order valence-corrected chi connectivity index (χ4v) is 4.12. The molecule has 0 aromatic carbocycles. The van der Waals surface area contributed by atoms with Crippen LogP contribution in [0.2, 0.25) is 0 Å². The molecule has 4 heteroatoms. The van der Waals surface area contributed by atoms with Crippen molar-refractivity contribution in [2.75, 3.05) is 13.1 Å². The van der Waals surface area contributed by atoms with Gasteiger partial charge < -0.3 is 5.32 Å². The molecule has 2 heterocycles. The van der Waals surface area contributed by atoms with Crippen molar-refractivity contribution < 1.29 is 0 Å². The number of aromatic nitrogens is 1. The number of nitrogens with one attached hydrogen (secondary N) is 1. The summed E-state index contributed by atoms with van der Waals surface area (Å²) >= 11 is 1.83. The topological polar surface area (TPSA) is 28.2 Å². The molecule has 3 nitrogen and oxygen atoms in total. The summed E-state index contributed by atoms with van der Waals surface area (Å²) in [4.78, 5) is 7.50. The Morgan fingerprint density at radius 1 is 1.25 bits per heavy atom. The molecule has 1 aromatic heterocycles. The summed E-state index contributed by atoms with van der Waals surface area (Å²) in [6.45, 7) is 15.7. The van der Waals surface area contributed by atoms with Crippen molar-refractivity contribution in [3.63, 3.8) is 0 Å². The maximum atomic E-state index is 4.94. The van der Waals surface area contributed by atoms with E-state index in [2.05, 4.69) is 57.1 Å². The molecule has 0 spiro atoms. The van der Waals surface area contributed by atoms with E-state index >= 15 is 0 Å². The normalized spacial score (nSPS) is 24.4. The first kappa shape index (κ1) is 15.9. The van der Waals surface area contributed by atoms with Gasteiger partial charge in [0.25, 0.3) is 0 Å². The molecule has 0 aliphatic carbocycles. The fraction of sp³-hybridized carbons (Fsp3) is 0.812. The summed E-state index contributed by atoms with van der Waals surface area (Å²) in [6, 6.07) is 1.09. The molecule has 1 fully saturated rings. The first-order valence-corrected chi connectivity index (χ1v) is 8.69. The first-order chi connectivity index (χ1) is 9.34. The van der Waals surface area contributed by atoms with Crippen molar-refractivity contribution in [1.82, 2.24) is 15.2 Å². The Hall–Kier alpha value is -0.450. The molecular formula is C16H29N3S. The average molecular weight is 295 g/mol. The number of likely N-dealkylation sites (tertiary alicyclic amines) is 1. The smallest absolute Gasteiger partial charge is 0.114 e. The highest BCUT2D eigenvalue weighted by Gasteiger charge is 2.42. The predicted octanol–water partition coefficient (Wildman–Crippen LogP) is 3.57. The third-order valence-corrected chi connectivity index (χ3v) is 5.18. The molecule has 1 aromatic rings. The highest BCUT2D eigenvalue weighted by molar-refractivity contribution is 7.09. The van der Waals surface area contributed by atoms with Crippen LogP contribution in [0.5, 0.6) is 0 Å². The van der Waals surface area contributed by atoms with Crippen molar-refractivity contribution in [2.45, 2.75) is 71.5 Å². The van der Waals surface area contributed by atoms with Gasteiger partial charge >= 0.3 is 0 Å². The minimum absolute atomic E-state index is 0.0518. The van der Waals surface area contributed by atoms with E-state index in [1.54, 1.807) is 0 Å². The predicted molar refractivity (Wildman–Crippen MR) is 87.5 cm³/mol. The van der Waals surface area contributed by atoms with E-state index in [9.17, 15) is 0 Å². The van der Waals surface area contributed by atoms with Gasteiger partial charge in [-0.15, -0.1) is 11.3 Å². The van der Waals surface area contributed by atoms with Gasteiger partial charge in [-0.25, -0.2) is 4.98 Å². The second-order valence-corrected chi connectivity index (χ2v) is 7.79. The second-order valence-electron chi connectivity index (χ2n) is 6.93. The summed E-state index contributed by atoms with van der Waals surface area (Å²) < 4.78 is 0. The van der Waals surface area contributed by atoms with Crippen molar-refractivity contribution in [1.29, 1.82) is 0 Å². The lowest BCUT2D eigenvalue weighted by Crippen LogP contribution is -2.48. The summed E-state index contributed by atoms with van der Waals surface area (Å²) in [7, 11) is 0. The molecule has 2 rings (SSSR count). The van der Waals surface area contributed by atoms with Crippen LogP contribution in [-0.4, -0.2) is 35.1 Å². The lowest BCUT2D eigenvalue weighted by Gasteiger charge is -2.32. The Kier molecular flexibility index (Phi) is 4.88. The third kappa shape index (κ3) is 3.23. The SMILES string of the molecule is CC(C)NC1(c2nc(C(C)C)cs2)CCN(C(C)C)C1. The second kappa shape index (κ2) is 6.12. The van der Waals surface area contributed by atoms with Gasteiger partial charge in [-0.05, 0) is 40.0 Å². The van der Waals surface area contributed by atoms with Crippen LogP contribution >= 0.6 is 11.3 Å². The minimum Gasteiger partial charge on any atom is -0.302 e. The highest BCUT2D eigenvalue weighted by atomic mass is 32.1. The molecule has 0 saturated carbocycles. The Bertz CT molecular complexity index is 439. The summed E-state index contributed by atoms with van der Waals surface area (Å²) in [5, 5.41) is 7.33. The van der Waals surface area contributed by atoms with Gasteiger partial charge in [0.2, 0.25) is 0 Å². The quantitative estimate of drug-likeness (QED) is 0.900. The maximum Gasteiger partial charge on any atom is 0.114 e. The van der Waals surface area contributed by atoms with Gasteiger partial charge in [0, 0.05) is 30.6 Å². The van der Waals surface area contributed by atoms with Crippen LogP contribution in [0.25, 0.3) is 0 Å². The van der Waals surface area contributed by atoms with E-state index in [0.717, 1.165) is 19.5 Å². The standard InChI is InChI=1S/C16H29N3S/c1-11(2)14-9-20-15(17-14)16(18-12(3)4)7-8-19(10-16)13(5)6/h9,11-13,18H,7-8,10H2,1-6H3. The zero-order valence-corrected chi connectivity index (χ0v) is 14.5. The first-order valence-electron chi connectivity index (χ1n) is 7.81. The lowest BCUT2D eigenvalue weighted by atomic mass is 9.98. The molecule has 1 atom stereocenters. The van der Waals surface area contributed by atoms with Gasteiger partial charge in [0.1, 0.15) is 5.01 Å². The van der Waals surface area contributed by atoms with Crippen molar-refractivity contribution >= 4 is 11.3 Å². The van der Waals surface area contributed by atoms with Gasteiger partial charge in [-0.1, -0.05) is 13.8 Å². The van der Waals surface area contributed by atoms with Crippen LogP contribution in [0.4, 0.5) is 0 Å². The largest absolute Gasteiger partial charge is 0.302 e. The monoisotopic (exact) mass is 295 g/mol. The van der Waals surface area contributed by atoms with Gasteiger partial charge in [0.15, 0.2) is 0 Å². The molecule has 1 aliphatic rings. The van der Waals surface area contributed by atoms with Crippen LogP contribution in [0.3, 0.4) is 0 Å². The summed E-state index contributed by atoms with van der Waals surface area (Å²) in [6.07, 6.45) is 1.16. The minimum atomic E-state index is 0.0518. The number of rotatable bonds is 5. The molecule has 20 heavy (non-hydrogen) atoms. The summed E-state index contributed by atoms with van der Waals surface area (Å²) in [5.74, 6) is 0.513. The van der Waals surface area contributed by atoms with Crippen LogP contribution in [-0.2, 0) is 5.54 Å². The zero-order valence-electron chi connectivity index (χ0n) is 13.7. The average Bonchev–Trinajstić information content (AvgIpc) is 2.94. The number of hydrogen-bond donors (Lipinski definition) is 1. The summed E-state index contributed by atoms with van der Waals surface area (Å²) in [5.41, 5.74) is 1.29. The molecular weight excluding hydrogens is 266 g/mol. The van der Waals surface area contributed by atoms with Gasteiger partial charge in [-0.3, -0.25) is 4.90 Å². The van der Waals surface area contributed by atoms with E-state index in [0.29, 0.717) is 18.0 Å². The van der Waals surface area contributed by atoms with Crippen LogP contribution < -0.4 is 5.32 Å². The van der Waals surface area contributed by atoms with Crippen molar-refractivity contribution in [3.05, 3.63) is 16.1 Å². The molecule has 1 N–H and O–H groups in total. The van der Waals surface area contributed by atoms with E-state index in [4.69, 9.17) is 4.98 Å². The van der Waals surface area contributed by atoms with E-state index in [1.807, 2.05) is 11.3 Å². The lowest BCUT2D eigenvalue weighted by molar-refractivity contribution is 0.232. The number of hydrogen-bond acceptors (Lipinski definition) is 4. The van der Waals surface area contributed by atoms with E-state index in [1.165, 1.54) is 10.7 Å². The molecule has 0 amide bonds. The van der Waals surface area contributed by atoms with Crippen LogP contribution in [0, 0.1) is 0 Å². The Morgan fingerprint density at radius 3 is 2.40 bits per heavy atom. The Labute approximate surface area is 127 Å². The highest BCUT2D eigenvalue weighted by Crippen LogP contribution is 2.36. The van der Waals surface area contributed by atoms with Crippen molar-refractivity contribution in [3.8, 4) is 0 Å². The third-order valence-electron chi connectivity index (χ3n) is 4.12. The number of thiazole rings is 1. The van der Waals surface area contributed by atoms with Crippen LogP contribution in [0.1, 0.15) is 64.6 Å². The van der Waals surface area contributed by atoms with Crippen molar-refractivity contribution in [2.24, 2.45) is 0 Å². The molecule has 1 unspecified atom stereocenters. The van der Waals surface area contributed by atoms with Gasteiger partial charge in [0.05, 0.1) is 11.2 Å². The van der Waals surface area contributed by atoms with E-state index < -0.39 is 0 Å². The molecule has 1 aliphatic heterocycles. The Morgan fingerprint density at radius 2 is 1.95 bits per heavy atom. The zero-order chi connectivity index (χ0) is 14.9. The fourth-order valence-electron chi connectivity index (χ4n) is 2.96.